The Balaban J connectivity index is 4.44. The fraction of sp³-hybridized carbons (Fsp3) is 0.692. The molecule has 0 bridgehead atoms. The van der Waals surface area contributed by atoms with Gasteiger partial charge in [0.05, 0.1) is 6.04 Å². The van der Waals surface area contributed by atoms with Crippen molar-refractivity contribution >= 4 is 45.2 Å². The first-order chi connectivity index (χ1) is 11.3. The van der Waals surface area contributed by atoms with E-state index in [0.29, 0.717) is 18.7 Å². The number of ketones is 1. The fourth-order valence-corrected chi connectivity index (χ4v) is 3.72. The molecule has 0 heterocycles. The third-order valence-corrected chi connectivity index (χ3v) is 5.21. The van der Waals surface area contributed by atoms with Crippen LogP contribution >= 0.6 is 21.6 Å². The summed E-state index contributed by atoms with van der Waals surface area (Å²) in [5.74, 6) is -1.62. The van der Waals surface area contributed by atoms with Gasteiger partial charge in [0.15, 0.2) is 0 Å². The molecule has 0 saturated carbocycles. The monoisotopic (exact) mass is 380 g/mol. The van der Waals surface area contributed by atoms with Gasteiger partial charge in [0.1, 0.15) is 18.4 Å². The summed E-state index contributed by atoms with van der Waals surface area (Å²) in [5, 5.41) is 13.4. The van der Waals surface area contributed by atoms with Crippen LogP contribution in [0.1, 0.15) is 19.8 Å². The van der Waals surface area contributed by atoms with Crippen LogP contribution in [0.25, 0.3) is 0 Å². The van der Waals surface area contributed by atoms with Crippen molar-refractivity contribution in [3.05, 3.63) is 0 Å². The zero-order valence-corrected chi connectivity index (χ0v) is 15.1. The Morgan fingerprint density at radius 1 is 1.17 bits per heavy atom. The van der Waals surface area contributed by atoms with Crippen LogP contribution in [-0.4, -0.2) is 65.4 Å². The van der Waals surface area contributed by atoms with Crippen molar-refractivity contribution in [3.63, 3.8) is 0 Å². The smallest absolute Gasteiger partial charge is 0.322 e. The molecule has 0 rings (SSSR count). The normalized spacial score (nSPS) is 13.0. The molecular weight excluding hydrogens is 356 g/mol. The lowest BCUT2D eigenvalue weighted by Gasteiger charge is -2.17. The number of aliphatic carboxylic acids is 1. The molecule has 24 heavy (non-hydrogen) atoms. The molecule has 0 fully saturated rings. The first-order valence-corrected chi connectivity index (χ1v) is 9.76. The summed E-state index contributed by atoms with van der Waals surface area (Å²) in [6, 6.07) is -1.46. The number of hydrogen-bond acceptors (Lipinski definition) is 8. The molecule has 2 amide bonds. The second kappa shape index (κ2) is 13.0. The predicted molar refractivity (Wildman–Crippen MR) is 94.4 cm³/mol. The van der Waals surface area contributed by atoms with E-state index in [1.807, 2.05) is 0 Å². The highest BCUT2D eigenvalue weighted by atomic mass is 33.1. The molecule has 0 aromatic rings. The molecule has 0 aromatic heterocycles. The molecule has 0 spiro atoms. The number of hydrogen-bond donors (Lipinski definition) is 5. The Bertz CT molecular complexity index is 450. The van der Waals surface area contributed by atoms with E-state index < -0.39 is 30.5 Å². The number of carbonyl (C=O) groups is 4. The van der Waals surface area contributed by atoms with Crippen molar-refractivity contribution in [2.45, 2.75) is 31.8 Å². The van der Waals surface area contributed by atoms with Crippen molar-refractivity contribution in [1.82, 2.24) is 10.6 Å². The Morgan fingerprint density at radius 2 is 1.79 bits per heavy atom. The lowest BCUT2D eigenvalue weighted by Crippen LogP contribution is -2.49. The molecule has 0 radical (unpaired) electrons. The van der Waals surface area contributed by atoms with Gasteiger partial charge in [-0.25, -0.2) is 0 Å². The van der Waals surface area contributed by atoms with Gasteiger partial charge in [-0.05, 0) is 19.9 Å². The number of Topliss-reactive ketones (excluding diaryl/α,β-unsaturated/α-hetero) is 1. The van der Waals surface area contributed by atoms with Gasteiger partial charge in [-0.2, -0.15) is 0 Å². The van der Waals surface area contributed by atoms with Gasteiger partial charge in [0.2, 0.25) is 11.8 Å². The second-order valence-corrected chi connectivity index (χ2v) is 7.46. The number of nitrogens with two attached hydrogens (primary N) is 2. The molecule has 0 aliphatic rings. The Morgan fingerprint density at radius 3 is 2.33 bits per heavy atom. The number of carboxylic acid groups (broad SMARTS) is 1. The van der Waals surface area contributed by atoms with E-state index in [2.05, 4.69) is 10.6 Å². The number of carboxylic acids is 1. The summed E-state index contributed by atoms with van der Waals surface area (Å²) in [5.41, 5.74) is 10.9. The summed E-state index contributed by atoms with van der Waals surface area (Å²) in [6.45, 7) is 1.23. The van der Waals surface area contributed by atoms with Crippen molar-refractivity contribution < 1.29 is 24.3 Å². The minimum atomic E-state index is -1.17. The number of amides is 2. The van der Waals surface area contributed by atoms with E-state index in [0.717, 1.165) is 0 Å². The Hall–Kier alpha value is -1.30. The zero-order chi connectivity index (χ0) is 18.5. The van der Waals surface area contributed by atoms with Crippen LogP contribution in [0.2, 0.25) is 0 Å². The average molecular weight is 380 g/mol. The maximum absolute atomic E-state index is 12.0. The van der Waals surface area contributed by atoms with Crippen LogP contribution in [0.5, 0.6) is 0 Å². The molecule has 11 heteroatoms. The Labute approximate surface area is 148 Å². The van der Waals surface area contributed by atoms with Gasteiger partial charge in [-0.15, -0.1) is 0 Å². The first-order valence-electron chi connectivity index (χ1n) is 7.27. The summed E-state index contributed by atoms with van der Waals surface area (Å²) >= 11 is 0. The maximum Gasteiger partial charge on any atom is 0.322 e. The Kier molecular flexibility index (Phi) is 12.3. The standard InChI is InChI=1S/C13H24N4O5S2/c1-8(18)9(15)6-23-24-7-10(13(22)16-5-12(20)21)17-11(19)3-2-4-14/h9-10H,2-7,14-15H2,1H3,(H,16,22)(H,17,19)(H,20,21). The SMILES string of the molecule is CC(=O)C(N)CSSCC(NC(=O)CCCN)C(=O)NCC(=O)O. The van der Waals surface area contributed by atoms with E-state index in [-0.39, 0.29) is 23.9 Å². The number of rotatable bonds is 13. The van der Waals surface area contributed by atoms with Crippen molar-refractivity contribution in [2.24, 2.45) is 11.5 Å². The topological polar surface area (TPSA) is 165 Å². The third-order valence-electron chi connectivity index (χ3n) is 2.76. The highest BCUT2D eigenvalue weighted by Crippen LogP contribution is 2.22. The van der Waals surface area contributed by atoms with Crippen LogP contribution in [-0.2, 0) is 19.2 Å². The lowest BCUT2D eigenvalue weighted by molar-refractivity contribution is -0.138. The summed E-state index contributed by atoms with van der Waals surface area (Å²) in [7, 11) is 2.58. The molecule has 2 atom stereocenters. The largest absolute Gasteiger partial charge is 0.480 e. The molecule has 0 aliphatic heterocycles. The van der Waals surface area contributed by atoms with Gasteiger partial charge in [-0.3, -0.25) is 19.2 Å². The van der Waals surface area contributed by atoms with Crippen LogP contribution in [0.4, 0.5) is 0 Å². The summed E-state index contributed by atoms with van der Waals surface area (Å²) in [6.07, 6.45) is 0.677. The highest BCUT2D eigenvalue weighted by Gasteiger charge is 2.21. The maximum atomic E-state index is 12.0. The lowest BCUT2D eigenvalue weighted by atomic mass is 10.2. The van der Waals surface area contributed by atoms with Crippen LogP contribution in [0.15, 0.2) is 0 Å². The third kappa shape index (κ3) is 11.3. The molecule has 0 aromatic carbocycles. The first kappa shape index (κ1) is 22.7. The minimum absolute atomic E-state index is 0.131. The van der Waals surface area contributed by atoms with Gasteiger partial charge < -0.3 is 27.2 Å². The van der Waals surface area contributed by atoms with Gasteiger partial charge >= 0.3 is 5.97 Å². The quantitative estimate of drug-likeness (QED) is 0.193. The predicted octanol–water partition coefficient (Wildman–Crippen LogP) is -1.29. The summed E-state index contributed by atoms with van der Waals surface area (Å²) < 4.78 is 0. The van der Waals surface area contributed by atoms with Crippen LogP contribution in [0, 0.1) is 0 Å². The van der Waals surface area contributed by atoms with Crippen molar-refractivity contribution in [1.29, 1.82) is 0 Å². The van der Waals surface area contributed by atoms with E-state index in [1.165, 1.54) is 28.5 Å². The molecule has 0 aliphatic carbocycles. The zero-order valence-electron chi connectivity index (χ0n) is 13.4. The van der Waals surface area contributed by atoms with Crippen molar-refractivity contribution in [2.75, 3.05) is 24.6 Å². The molecule has 138 valence electrons. The van der Waals surface area contributed by atoms with Crippen molar-refractivity contribution in [3.8, 4) is 0 Å². The van der Waals surface area contributed by atoms with Gasteiger partial charge in [0, 0.05) is 17.9 Å². The van der Waals surface area contributed by atoms with E-state index in [1.54, 1.807) is 0 Å². The van der Waals surface area contributed by atoms with Gasteiger partial charge in [-0.1, -0.05) is 21.6 Å². The van der Waals surface area contributed by atoms with Gasteiger partial charge in [0.25, 0.3) is 0 Å². The molecule has 7 N–H and O–H groups in total. The fourth-order valence-electron chi connectivity index (χ4n) is 1.35. The molecule has 2 unspecified atom stereocenters. The molecule has 9 nitrogen and oxygen atoms in total. The van der Waals surface area contributed by atoms with Crippen LogP contribution < -0.4 is 22.1 Å². The van der Waals surface area contributed by atoms with E-state index in [4.69, 9.17) is 16.6 Å². The second-order valence-electron chi connectivity index (χ2n) is 4.91. The van der Waals surface area contributed by atoms with E-state index in [9.17, 15) is 19.2 Å². The number of carbonyl (C=O) groups excluding carboxylic acids is 3. The average Bonchev–Trinajstić information content (AvgIpc) is 2.52. The highest BCUT2D eigenvalue weighted by molar-refractivity contribution is 8.76. The number of nitrogens with one attached hydrogen (secondary N) is 2. The van der Waals surface area contributed by atoms with Crippen LogP contribution in [0.3, 0.4) is 0 Å². The molecular formula is C13H24N4O5S2. The molecule has 0 saturated heterocycles. The van der Waals surface area contributed by atoms with E-state index >= 15 is 0 Å². The summed E-state index contributed by atoms with van der Waals surface area (Å²) in [4.78, 5) is 45.3. The minimum Gasteiger partial charge on any atom is -0.480 e.